The van der Waals surface area contributed by atoms with Gasteiger partial charge in [0.05, 0.1) is 29.2 Å². The van der Waals surface area contributed by atoms with E-state index in [4.69, 9.17) is 14.5 Å². The van der Waals surface area contributed by atoms with Crippen LogP contribution in [-0.2, 0) is 0 Å². The van der Waals surface area contributed by atoms with E-state index < -0.39 is 21.2 Å². The van der Waals surface area contributed by atoms with Crippen LogP contribution in [0.1, 0.15) is 31.2 Å². The van der Waals surface area contributed by atoms with Gasteiger partial charge in [0, 0.05) is 32.2 Å². The number of hydrogen-bond donors (Lipinski definition) is 1. The van der Waals surface area contributed by atoms with Crippen LogP contribution in [0.2, 0.25) is 0 Å². The van der Waals surface area contributed by atoms with E-state index in [1.807, 2.05) is 0 Å². The minimum absolute atomic E-state index is 0.163. The molecule has 0 unspecified atom stereocenters. The van der Waals surface area contributed by atoms with Crippen LogP contribution in [-0.4, -0.2) is 64.3 Å². The number of ether oxygens (including phenoxy) is 2. The van der Waals surface area contributed by atoms with E-state index in [0.717, 1.165) is 64.0 Å². The SMILES string of the molecule is COc1ccc(/C=N\Nc2nc(N3CCCC3)nc(N3CCCC3)n2)cc1Oc1ccc([N+](=O)[O-])cc1[N+](=O)[O-]. The Hall–Kier alpha value is -5.08. The van der Waals surface area contributed by atoms with Crippen LogP contribution >= 0.6 is 0 Å². The van der Waals surface area contributed by atoms with Crippen molar-refractivity contribution >= 4 is 35.4 Å². The van der Waals surface area contributed by atoms with Gasteiger partial charge in [0.15, 0.2) is 11.5 Å². The van der Waals surface area contributed by atoms with Crippen molar-refractivity contribution in [2.75, 3.05) is 48.5 Å². The highest BCUT2D eigenvalue weighted by atomic mass is 16.6. The molecule has 1 N–H and O–H groups in total. The van der Waals surface area contributed by atoms with E-state index in [1.54, 1.807) is 18.2 Å². The molecule has 0 radical (unpaired) electrons. The highest BCUT2D eigenvalue weighted by Crippen LogP contribution is 2.38. The quantitative estimate of drug-likeness (QED) is 0.218. The van der Waals surface area contributed by atoms with Crippen LogP contribution < -0.4 is 24.7 Å². The number of non-ortho nitro benzene ring substituents is 1. The molecule has 5 rings (SSSR count). The van der Waals surface area contributed by atoms with Crippen molar-refractivity contribution in [3.05, 3.63) is 62.2 Å². The standard InChI is InChI=1S/C25H27N9O6/c1-39-21-8-6-17(14-22(21)40-20-9-7-18(33(35)36)15-19(20)34(37)38)16-26-30-23-27-24(31-10-2-3-11-31)29-25(28-23)32-12-4-5-13-32/h6-9,14-16H,2-5,10-13H2,1H3,(H,27,28,29,30)/b26-16-. The third-order valence-electron chi connectivity index (χ3n) is 6.53. The summed E-state index contributed by atoms with van der Waals surface area (Å²) in [6, 6.07) is 8.07. The maximum absolute atomic E-state index is 11.5. The zero-order chi connectivity index (χ0) is 28.1. The lowest BCUT2D eigenvalue weighted by molar-refractivity contribution is -0.394. The van der Waals surface area contributed by atoms with Crippen LogP contribution in [0.15, 0.2) is 41.5 Å². The second kappa shape index (κ2) is 11.8. The van der Waals surface area contributed by atoms with Gasteiger partial charge >= 0.3 is 5.69 Å². The fraction of sp³-hybridized carbons (Fsp3) is 0.360. The number of benzene rings is 2. The first kappa shape index (κ1) is 26.5. The highest BCUT2D eigenvalue weighted by Gasteiger charge is 2.23. The minimum atomic E-state index is -0.744. The van der Waals surface area contributed by atoms with Crippen molar-refractivity contribution in [2.45, 2.75) is 25.7 Å². The Balaban J connectivity index is 1.37. The van der Waals surface area contributed by atoms with E-state index in [9.17, 15) is 20.2 Å². The number of aromatic nitrogens is 3. The Morgan fingerprint density at radius 1 is 0.850 bits per heavy atom. The van der Waals surface area contributed by atoms with E-state index in [1.165, 1.54) is 19.4 Å². The molecule has 3 heterocycles. The highest BCUT2D eigenvalue weighted by molar-refractivity contribution is 5.81. The molecule has 2 aliphatic heterocycles. The molecule has 2 aromatic carbocycles. The van der Waals surface area contributed by atoms with E-state index in [0.29, 0.717) is 29.2 Å². The lowest BCUT2D eigenvalue weighted by Gasteiger charge is -2.20. The van der Waals surface area contributed by atoms with E-state index >= 15 is 0 Å². The monoisotopic (exact) mass is 549 g/mol. The number of nitrogens with one attached hydrogen (secondary N) is 1. The molecule has 40 heavy (non-hydrogen) atoms. The number of methoxy groups -OCH3 is 1. The van der Waals surface area contributed by atoms with Crippen molar-refractivity contribution in [3.63, 3.8) is 0 Å². The fourth-order valence-corrected chi connectivity index (χ4v) is 4.51. The lowest BCUT2D eigenvalue weighted by Crippen LogP contribution is -2.25. The number of nitrogens with zero attached hydrogens (tertiary/aromatic N) is 8. The largest absolute Gasteiger partial charge is 0.493 e. The maximum Gasteiger partial charge on any atom is 0.318 e. The van der Waals surface area contributed by atoms with Crippen molar-refractivity contribution in [1.29, 1.82) is 0 Å². The van der Waals surface area contributed by atoms with Crippen molar-refractivity contribution in [1.82, 2.24) is 15.0 Å². The Bertz CT molecular complexity index is 1400. The smallest absolute Gasteiger partial charge is 0.318 e. The van der Waals surface area contributed by atoms with Gasteiger partial charge < -0.3 is 19.3 Å². The Morgan fingerprint density at radius 2 is 1.48 bits per heavy atom. The van der Waals surface area contributed by atoms with Gasteiger partial charge in [-0.2, -0.15) is 20.1 Å². The lowest BCUT2D eigenvalue weighted by atomic mass is 10.2. The Morgan fingerprint density at radius 3 is 2.05 bits per heavy atom. The zero-order valence-corrected chi connectivity index (χ0v) is 21.7. The molecule has 3 aromatic rings. The molecule has 0 spiro atoms. The molecular weight excluding hydrogens is 522 g/mol. The van der Waals surface area contributed by atoms with Crippen molar-refractivity contribution in [3.8, 4) is 17.2 Å². The van der Waals surface area contributed by atoms with Crippen LogP contribution in [0.5, 0.6) is 17.2 Å². The minimum Gasteiger partial charge on any atom is -0.493 e. The summed E-state index contributed by atoms with van der Waals surface area (Å²) < 4.78 is 11.1. The molecule has 208 valence electrons. The molecule has 2 saturated heterocycles. The van der Waals surface area contributed by atoms with Gasteiger partial charge in [0.2, 0.25) is 23.6 Å². The second-order valence-corrected chi connectivity index (χ2v) is 9.20. The second-order valence-electron chi connectivity index (χ2n) is 9.20. The molecule has 2 fully saturated rings. The summed E-state index contributed by atoms with van der Waals surface area (Å²) in [5.74, 6) is 1.86. The zero-order valence-electron chi connectivity index (χ0n) is 21.7. The summed E-state index contributed by atoms with van der Waals surface area (Å²) in [5.41, 5.74) is 2.51. The summed E-state index contributed by atoms with van der Waals surface area (Å²) in [4.78, 5) is 39.2. The topological polar surface area (TPSA) is 174 Å². The first-order chi connectivity index (χ1) is 19.4. The van der Waals surface area contributed by atoms with Crippen LogP contribution in [0.3, 0.4) is 0 Å². The summed E-state index contributed by atoms with van der Waals surface area (Å²) in [7, 11) is 1.43. The normalized spacial score (nSPS) is 15.0. The van der Waals surface area contributed by atoms with Gasteiger partial charge in [0.1, 0.15) is 0 Å². The summed E-state index contributed by atoms with van der Waals surface area (Å²) in [6.45, 7) is 3.59. The average molecular weight is 550 g/mol. The number of nitro benzene ring substituents is 2. The third-order valence-corrected chi connectivity index (χ3v) is 6.53. The summed E-state index contributed by atoms with van der Waals surface area (Å²) in [5, 5.41) is 26.9. The molecule has 15 nitrogen and oxygen atoms in total. The molecular formula is C25H27N9O6. The molecule has 2 aliphatic rings. The molecule has 0 bridgehead atoms. The first-order valence-electron chi connectivity index (χ1n) is 12.7. The molecule has 15 heteroatoms. The molecule has 1 aromatic heterocycles. The Kier molecular flexibility index (Phi) is 7.80. The molecule has 0 saturated carbocycles. The summed E-state index contributed by atoms with van der Waals surface area (Å²) >= 11 is 0. The van der Waals surface area contributed by atoms with Crippen LogP contribution in [0.25, 0.3) is 0 Å². The fourth-order valence-electron chi connectivity index (χ4n) is 4.51. The third kappa shape index (κ3) is 5.98. The molecule has 0 amide bonds. The van der Waals surface area contributed by atoms with Crippen molar-refractivity contribution in [2.24, 2.45) is 5.10 Å². The molecule has 0 atom stereocenters. The maximum atomic E-state index is 11.5. The van der Waals surface area contributed by atoms with Gasteiger partial charge in [-0.25, -0.2) is 5.43 Å². The first-order valence-corrected chi connectivity index (χ1v) is 12.7. The van der Waals surface area contributed by atoms with Crippen LogP contribution in [0, 0.1) is 20.2 Å². The predicted molar refractivity (Wildman–Crippen MR) is 147 cm³/mol. The van der Waals surface area contributed by atoms with Gasteiger partial charge in [-0.1, -0.05) is 0 Å². The van der Waals surface area contributed by atoms with Gasteiger partial charge in [0.25, 0.3) is 5.69 Å². The number of anilines is 3. The molecule has 0 aliphatic carbocycles. The van der Waals surface area contributed by atoms with Gasteiger partial charge in [-0.15, -0.1) is 0 Å². The summed E-state index contributed by atoms with van der Waals surface area (Å²) in [6.07, 6.45) is 5.89. The number of nitro groups is 2. The van der Waals surface area contributed by atoms with E-state index in [-0.39, 0.29) is 11.5 Å². The van der Waals surface area contributed by atoms with E-state index in [2.05, 4.69) is 30.3 Å². The number of hydrazone groups is 1. The van der Waals surface area contributed by atoms with Crippen LogP contribution in [0.4, 0.5) is 29.2 Å². The van der Waals surface area contributed by atoms with Gasteiger partial charge in [-0.3, -0.25) is 20.2 Å². The Labute approximate surface area is 228 Å². The predicted octanol–water partition coefficient (Wildman–Crippen LogP) is 4.14. The van der Waals surface area contributed by atoms with Gasteiger partial charge in [-0.05, 0) is 55.5 Å². The number of rotatable bonds is 10. The van der Waals surface area contributed by atoms with Crippen molar-refractivity contribution < 1.29 is 19.3 Å². The number of hydrogen-bond acceptors (Lipinski definition) is 13. The average Bonchev–Trinajstić information content (AvgIpc) is 3.68.